The van der Waals surface area contributed by atoms with Gasteiger partial charge >= 0.3 is 0 Å². The molecule has 11 nitrogen and oxygen atoms in total. The van der Waals surface area contributed by atoms with Gasteiger partial charge in [0.1, 0.15) is 11.6 Å². The Morgan fingerprint density at radius 1 is 1.19 bits per heavy atom. The third kappa shape index (κ3) is 3.77. The minimum absolute atomic E-state index is 0.00924. The quantitative estimate of drug-likeness (QED) is 0.414. The Morgan fingerprint density at radius 3 is 2.72 bits per heavy atom. The van der Waals surface area contributed by atoms with E-state index < -0.39 is 21.1 Å². The van der Waals surface area contributed by atoms with Crippen molar-refractivity contribution >= 4 is 43.9 Å². The number of morpholine rings is 1. The van der Waals surface area contributed by atoms with Gasteiger partial charge < -0.3 is 15.0 Å². The van der Waals surface area contributed by atoms with Crippen LogP contribution in [0.3, 0.4) is 0 Å². The predicted molar refractivity (Wildman–Crippen MR) is 134 cm³/mol. The summed E-state index contributed by atoms with van der Waals surface area (Å²) < 4.78 is 48.8. The van der Waals surface area contributed by atoms with Crippen molar-refractivity contribution in [2.45, 2.75) is 50.9 Å². The molecule has 36 heavy (non-hydrogen) atoms. The van der Waals surface area contributed by atoms with Gasteiger partial charge in [-0.15, -0.1) is 4.09 Å². The van der Waals surface area contributed by atoms with Gasteiger partial charge in [-0.05, 0) is 45.7 Å². The SMILES string of the molecule is CC(C)Nc1nc2cc(F)ccc2n1-c1nc(N2CCOC[C@H]2C)c2cnn(S(=O)(=O)C3CC3)c2n1. The van der Waals surface area contributed by atoms with E-state index in [1.54, 1.807) is 10.6 Å². The molecular formula is C23H27FN8O3S. The number of imidazole rings is 1. The van der Waals surface area contributed by atoms with Crippen LogP contribution in [0.4, 0.5) is 16.2 Å². The van der Waals surface area contributed by atoms with Crippen LogP contribution >= 0.6 is 0 Å². The highest BCUT2D eigenvalue weighted by molar-refractivity contribution is 7.90. The van der Waals surface area contributed by atoms with Gasteiger partial charge in [0.15, 0.2) is 5.65 Å². The van der Waals surface area contributed by atoms with Gasteiger partial charge in [-0.3, -0.25) is 0 Å². The number of hydrogen-bond donors (Lipinski definition) is 1. The number of ether oxygens (including phenoxy) is 1. The summed E-state index contributed by atoms with van der Waals surface area (Å²) in [7, 11) is -3.69. The molecule has 0 bridgehead atoms. The van der Waals surface area contributed by atoms with E-state index in [1.807, 2.05) is 20.8 Å². The maximum atomic E-state index is 14.0. The molecule has 0 spiro atoms. The summed E-state index contributed by atoms with van der Waals surface area (Å²) in [4.78, 5) is 16.3. The molecular weight excluding hydrogens is 487 g/mol. The van der Waals surface area contributed by atoms with Crippen LogP contribution in [0.25, 0.3) is 28.0 Å². The molecule has 6 rings (SSSR count). The van der Waals surface area contributed by atoms with Crippen LogP contribution < -0.4 is 10.2 Å². The first-order chi connectivity index (χ1) is 17.2. The molecule has 2 aliphatic rings. The summed E-state index contributed by atoms with van der Waals surface area (Å²) in [5, 5.41) is 7.62. The first kappa shape index (κ1) is 23.1. The van der Waals surface area contributed by atoms with E-state index in [0.717, 1.165) is 4.09 Å². The number of hydrogen-bond acceptors (Lipinski definition) is 9. The predicted octanol–water partition coefficient (Wildman–Crippen LogP) is 2.69. The number of fused-ring (bicyclic) bond motifs is 2. The highest BCUT2D eigenvalue weighted by atomic mass is 32.2. The van der Waals surface area contributed by atoms with Gasteiger partial charge in [0.2, 0.25) is 11.9 Å². The molecule has 1 N–H and O–H groups in total. The van der Waals surface area contributed by atoms with Crippen molar-refractivity contribution in [2.24, 2.45) is 0 Å². The molecule has 1 aliphatic carbocycles. The molecule has 3 aromatic heterocycles. The zero-order valence-corrected chi connectivity index (χ0v) is 21.0. The average Bonchev–Trinajstić information content (AvgIpc) is 3.51. The molecule has 190 valence electrons. The molecule has 1 saturated heterocycles. The van der Waals surface area contributed by atoms with Crippen molar-refractivity contribution in [1.29, 1.82) is 0 Å². The Balaban J connectivity index is 1.64. The standard InChI is InChI=1S/C23H27FN8O3S/c1-13(2)26-22-27-18-10-15(24)4-7-19(18)31(22)23-28-20(30-8-9-35-12-14(30)3)17-11-25-32(21(17)29-23)36(33,34)16-5-6-16/h4,7,10-11,13-14,16H,5-6,8-9,12H2,1-3H3,(H,26,27)/t14-/m1/s1. The van der Waals surface area contributed by atoms with Gasteiger partial charge in [-0.2, -0.15) is 15.1 Å². The zero-order valence-electron chi connectivity index (χ0n) is 20.2. The van der Waals surface area contributed by atoms with Crippen LogP contribution in [-0.4, -0.2) is 74.2 Å². The zero-order chi connectivity index (χ0) is 25.2. The highest BCUT2D eigenvalue weighted by Crippen LogP contribution is 2.34. The molecule has 1 aromatic carbocycles. The Hall–Kier alpha value is -3.32. The lowest BCUT2D eigenvalue weighted by Gasteiger charge is -2.34. The molecule has 4 aromatic rings. The second-order valence-corrected chi connectivity index (χ2v) is 11.7. The second kappa shape index (κ2) is 8.37. The first-order valence-corrected chi connectivity index (χ1v) is 13.5. The molecule has 1 saturated carbocycles. The summed E-state index contributed by atoms with van der Waals surface area (Å²) >= 11 is 0. The number of nitrogens with zero attached hydrogens (tertiary/aromatic N) is 7. The molecule has 1 aliphatic heterocycles. The number of rotatable bonds is 6. The van der Waals surface area contributed by atoms with Gasteiger partial charge in [-0.25, -0.2) is 22.4 Å². The Labute approximate surface area is 207 Å². The van der Waals surface area contributed by atoms with E-state index >= 15 is 0 Å². The minimum Gasteiger partial charge on any atom is -0.377 e. The number of nitrogens with one attached hydrogen (secondary N) is 1. The van der Waals surface area contributed by atoms with Crippen LogP contribution in [0.15, 0.2) is 24.4 Å². The fourth-order valence-electron chi connectivity index (χ4n) is 4.53. The van der Waals surface area contributed by atoms with E-state index in [1.165, 1.54) is 18.3 Å². The van der Waals surface area contributed by atoms with E-state index in [2.05, 4.69) is 20.3 Å². The molecule has 0 amide bonds. The summed E-state index contributed by atoms with van der Waals surface area (Å²) in [5.41, 5.74) is 1.23. The topological polar surface area (TPSA) is 120 Å². The molecule has 0 radical (unpaired) electrons. The Bertz CT molecular complexity index is 1580. The number of anilines is 2. The minimum atomic E-state index is -3.69. The van der Waals surface area contributed by atoms with Crippen molar-refractivity contribution in [3.05, 3.63) is 30.2 Å². The third-order valence-electron chi connectivity index (χ3n) is 6.43. The molecule has 2 fully saturated rings. The van der Waals surface area contributed by atoms with Crippen molar-refractivity contribution in [2.75, 3.05) is 30.0 Å². The maximum Gasteiger partial charge on any atom is 0.258 e. The van der Waals surface area contributed by atoms with Crippen LogP contribution in [-0.2, 0) is 14.8 Å². The van der Waals surface area contributed by atoms with Crippen LogP contribution in [0.2, 0.25) is 0 Å². The van der Waals surface area contributed by atoms with E-state index in [9.17, 15) is 12.8 Å². The molecule has 0 unspecified atom stereocenters. The largest absolute Gasteiger partial charge is 0.377 e. The Morgan fingerprint density at radius 2 is 2.00 bits per heavy atom. The van der Waals surface area contributed by atoms with E-state index in [0.29, 0.717) is 60.8 Å². The Kier molecular flexibility index (Phi) is 5.37. The second-order valence-electron chi connectivity index (χ2n) is 9.64. The van der Waals surface area contributed by atoms with Crippen LogP contribution in [0.5, 0.6) is 0 Å². The van der Waals surface area contributed by atoms with E-state index in [4.69, 9.17) is 14.7 Å². The van der Waals surface area contributed by atoms with Gasteiger partial charge in [0, 0.05) is 18.7 Å². The number of aromatic nitrogens is 6. The third-order valence-corrected chi connectivity index (χ3v) is 8.49. The summed E-state index contributed by atoms with van der Waals surface area (Å²) in [6, 6.07) is 4.35. The number of halogens is 1. The smallest absolute Gasteiger partial charge is 0.258 e. The molecule has 1 atom stereocenters. The maximum absolute atomic E-state index is 14.0. The van der Waals surface area contributed by atoms with Gasteiger partial charge in [0.25, 0.3) is 10.0 Å². The van der Waals surface area contributed by atoms with Gasteiger partial charge in [0.05, 0.1) is 47.1 Å². The molecule has 13 heteroatoms. The fraction of sp³-hybridized carbons (Fsp3) is 0.478. The number of benzene rings is 1. The summed E-state index contributed by atoms with van der Waals surface area (Å²) in [5.74, 6) is 0.821. The highest BCUT2D eigenvalue weighted by Gasteiger charge is 2.39. The lowest BCUT2D eigenvalue weighted by molar-refractivity contribution is 0.0987. The first-order valence-electron chi connectivity index (χ1n) is 12.0. The van der Waals surface area contributed by atoms with Crippen molar-refractivity contribution < 1.29 is 17.5 Å². The summed E-state index contributed by atoms with van der Waals surface area (Å²) in [6.07, 6.45) is 2.73. The normalized spacial score (nSPS) is 19.0. The van der Waals surface area contributed by atoms with Crippen molar-refractivity contribution in [3.63, 3.8) is 0 Å². The average molecular weight is 515 g/mol. The summed E-state index contributed by atoms with van der Waals surface area (Å²) in [6.45, 7) is 7.58. The van der Waals surface area contributed by atoms with Gasteiger partial charge in [-0.1, -0.05) is 0 Å². The van der Waals surface area contributed by atoms with Crippen molar-refractivity contribution in [1.82, 2.24) is 28.7 Å². The lowest BCUT2D eigenvalue weighted by atomic mass is 10.2. The lowest BCUT2D eigenvalue weighted by Crippen LogP contribution is -2.44. The molecule has 4 heterocycles. The van der Waals surface area contributed by atoms with Crippen LogP contribution in [0.1, 0.15) is 33.6 Å². The monoisotopic (exact) mass is 514 g/mol. The van der Waals surface area contributed by atoms with Crippen molar-refractivity contribution in [3.8, 4) is 5.95 Å². The fourth-order valence-corrected chi connectivity index (χ4v) is 6.10. The van der Waals surface area contributed by atoms with E-state index in [-0.39, 0.29) is 23.7 Å². The van der Waals surface area contributed by atoms with Crippen LogP contribution in [0, 0.1) is 5.82 Å².